The second-order valence-corrected chi connectivity index (χ2v) is 5.25. The lowest BCUT2D eigenvalue weighted by Crippen LogP contribution is -2.21. The van der Waals surface area contributed by atoms with Crippen molar-refractivity contribution < 1.29 is 0 Å². The van der Waals surface area contributed by atoms with Crippen LogP contribution in [0.2, 0.25) is 0 Å². The summed E-state index contributed by atoms with van der Waals surface area (Å²) in [5.41, 5.74) is 0. The van der Waals surface area contributed by atoms with Crippen molar-refractivity contribution in [2.75, 3.05) is 0 Å². The van der Waals surface area contributed by atoms with Crippen LogP contribution in [-0.2, 0) is 0 Å². The molecule has 3 heteroatoms. The summed E-state index contributed by atoms with van der Waals surface area (Å²) < 4.78 is -1.01. The quantitative estimate of drug-likeness (QED) is 0.521. The molecule has 0 unspecified atom stereocenters. The van der Waals surface area contributed by atoms with Gasteiger partial charge in [-0.05, 0) is 12.8 Å². The Bertz CT molecular complexity index is 99.9. The minimum atomic E-state index is -1.01. The third kappa shape index (κ3) is 2.48. The van der Waals surface area contributed by atoms with Gasteiger partial charge in [-0.3, -0.25) is 0 Å². The smallest absolute Gasteiger partial charge is 0.0834 e. The Morgan fingerprint density at radius 2 is 1.40 bits per heavy atom. The number of halogens is 3. The van der Waals surface area contributed by atoms with E-state index in [0.717, 1.165) is 12.8 Å². The first-order chi connectivity index (χ1) is 4.61. The molecular formula is C7H11Cl3. The molecule has 0 N–H and O–H groups in total. The van der Waals surface area contributed by atoms with E-state index < -0.39 is 3.79 Å². The molecule has 0 atom stereocenters. The van der Waals surface area contributed by atoms with E-state index >= 15 is 0 Å². The molecule has 1 saturated carbocycles. The van der Waals surface area contributed by atoms with E-state index in [-0.39, 0.29) is 0 Å². The molecule has 0 heterocycles. The molecule has 0 radical (unpaired) electrons. The fourth-order valence-electron chi connectivity index (χ4n) is 1.43. The SMILES string of the molecule is ClC(Cl)(Cl)C1CCCCC1. The van der Waals surface area contributed by atoms with Gasteiger partial charge in [0, 0.05) is 5.92 Å². The molecule has 0 aliphatic heterocycles. The topological polar surface area (TPSA) is 0 Å². The Morgan fingerprint density at radius 3 is 1.70 bits per heavy atom. The van der Waals surface area contributed by atoms with Crippen molar-refractivity contribution in [3.63, 3.8) is 0 Å². The molecule has 1 fully saturated rings. The Balaban J connectivity index is 2.39. The fraction of sp³-hybridized carbons (Fsp3) is 1.00. The lowest BCUT2D eigenvalue weighted by Gasteiger charge is -2.27. The summed E-state index contributed by atoms with van der Waals surface area (Å²) in [5.74, 6) is 0.297. The van der Waals surface area contributed by atoms with E-state index in [4.69, 9.17) is 34.8 Å². The highest BCUT2D eigenvalue weighted by molar-refractivity contribution is 6.67. The predicted octanol–water partition coefficient (Wildman–Crippen LogP) is 3.94. The van der Waals surface area contributed by atoms with Gasteiger partial charge in [-0.15, -0.1) is 0 Å². The van der Waals surface area contributed by atoms with Gasteiger partial charge in [0.25, 0.3) is 0 Å². The number of rotatable bonds is 0. The van der Waals surface area contributed by atoms with Crippen LogP contribution in [0.1, 0.15) is 32.1 Å². The number of hydrogen-bond donors (Lipinski definition) is 0. The van der Waals surface area contributed by atoms with Crippen molar-refractivity contribution >= 4 is 34.8 Å². The molecule has 0 bridgehead atoms. The van der Waals surface area contributed by atoms with Gasteiger partial charge >= 0.3 is 0 Å². The second kappa shape index (κ2) is 3.51. The molecule has 60 valence electrons. The fourth-order valence-corrected chi connectivity index (χ4v) is 2.08. The van der Waals surface area contributed by atoms with Crippen LogP contribution < -0.4 is 0 Å². The third-order valence-electron chi connectivity index (χ3n) is 2.07. The first kappa shape index (κ1) is 8.96. The van der Waals surface area contributed by atoms with Crippen LogP contribution in [0, 0.1) is 5.92 Å². The summed E-state index contributed by atoms with van der Waals surface area (Å²) in [6, 6.07) is 0. The molecule has 1 rings (SSSR count). The van der Waals surface area contributed by atoms with Crippen molar-refractivity contribution in [2.45, 2.75) is 35.9 Å². The normalized spacial score (nSPS) is 23.1. The predicted molar refractivity (Wildman–Crippen MR) is 46.9 cm³/mol. The highest BCUT2D eigenvalue weighted by Crippen LogP contribution is 2.42. The second-order valence-electron chi connectivity index (χ2n) is 2.88. The van der Waals surface area contributed by atoms with Gasteiger partial charge in [0.05, 0.1) is 0 Å². The van der Waals surface area contributed by atoms with Crippen molar-refractivity contribution in [3.05, 3.63) is 0 Å². The molecule has 0 aromatic carbocycles. The summed E-state index contributed by atoms with van der Waals surface area (Å²) in [7, 11) is 0. The molecule has 0 aromatic rings. The third-order valence-corrected chi connectivity index (χ3v) is 2.99. The summed E-state index contributed by atoms with van der Waals surface area (Å²) in [5, 5.41) is 0. The lowest BCUT2D eigenvalue weighted by atomic mass is 9.90. The summed E-state index contributed by atoms with van der Waals surface area (Å²) in [4.78, 5) is 0. The first-order valence-corrected chi connectivity index (χ1v) is 4.81. The zero-order chi connectivity index (χ0) is 7.61. The van der Waals surface area contributed by atoms with E-state index in [1.54, 1.807) is 0 Å². The van der Waals surface area contributed by atoms with Gasteiger partial charge in [0.15, 0.2) is 3.79 Å². The Hall–Kier alpha value is 0.870. The molecule has 0 nitrogen and oxygen atoms in total. The van der Waals surface area contributed by atoms with Crippen molar-refractivity contribution in [3.8, 4) is 0 Å². The number of hydrogen-bond acceptors (Lipinski definition) is 0. The molecule has 0 spiro atoms. The largest absolute Gasteiger partial charge is 0.193 e. The molecule has 10 heavy (non-hydrogen) atoms. The van der Waals surface area contributed by atoms with E-state index in [1.807, 2.05) is 0 Å². The lowest BCUT2D eigenvalue weighted by molar-refractivity contribution is 0.363. The van der Waals surface area contributed by atoms with Crippen LogP contribution >= 0.6 is 34.8 Å². The highest BCUT2D eigenvalue weighted by Gasteiger charge is 2.32. The summed E-state index contributed by atoms with van der Waals surface area (Å²) in [6.07, 6.45) is 5.90. The van der Waals surface area contributed by atoms with Crippen molar-refractivity contribution in [2.24, 2.45) is 5.92 Å². The maximum absolute atomic E-state index is 5.74. The van der Waals surface area contributed by atoms with Gasteiger partial charge in [-0.2, -0.15) is 0 Å². The van der Waals surface area contributed by atoms with Crippen LogP contribution in [0.25, 0.3) is 0 Å². The van der Waals surface area contributed by atoms with Crippen LogP contribution in [0.3, 0.4) is 0 Å². The highest BCUT2D eigenvalue weighted by atomic mass is 35.6. The van der Waals surface area contributed by atoms with Crippen molar-refractivity contribution in [1.82, 2.24) is 0 Å². The number of alkyl halides is 3. The molecular weight excluding hydrogens is 190 g/mol. The monoisotopic (exact) mass is 200 g/mol. The van der Waals surface area contributed by atoms with E-state index in [2.05, 4.69) is 0 Å². The molecule has 0 aromatic heterocycles. The average molecular weight is 202 g/mol. The Kier molecular flexibility index (Phi) is 3.15. The maximum atomic E-state index is 5.74. The average Bonchev–Trinajstić information content (AvgIpc) is 1.88. The molecule has 0 saturated heterocycles. The minimum absolute atomic E-state index is 0.297. The van der Waals surface area contributed by atoms with Gasteiger partial charge in [-0.1, -0.05) is 54.1 Å². The summed E-state index contributed by atoms with van der Waals surface area (Å²) >= 11 is 17.2. The zero-order valence-corrected chi connectivity index (χ0v) is 8.01. The van der Waals surface area contributed by atoms with Gasteiger partial charge in [0.1, 0.15) is 0 Å². The van der Waals surface area contributed by atoms with E-state index in [9.17, 15) is 0 Å². The van der Waals surface area contributed by atoms with Gasteiger partial charge < -0.3 is 0 Å². The standard InChI is InChI=1S/C7H11Cl3/c8-7(9,10)6-4-2-1-3-5-6/h6H,1-5H2. The maximum Gasteiger partial charge on any atom is 0.193 e. The van der Waals surface area contributed by atoms with Crippen LogP contribution in [0.15, 0.2) is 0 Å². The van der Waals surface area contributed by atoms with Crippen molar-refractivity contribution in [1.29, 1.82) is 0 Å². The van der Waals surface area contributed by atoms with E-state index in [0.29, 0.717) is 5.92 Å². The zero-order valence-electron chi connectivity index (χ0n) is 5.75. The van der Waals surface area contributed by atoms with Gasteiger partial charge in [0.2, 0.25) is 0 Å². The summed E-state index contributed by atoms with van der Waals surface area (Å²) in [6.45, 7) is 0. The first-order valence-electron chi connectivity index (χ1n) is 3.67. The molecule has 0 amide bonds. The minimum Gasteiger partial charge on any atom is -0.0834 e. The molecule has 1 aliphatic carbocycles. The molecule has 1 aliphatic rings. The Morgan fingerprint density at radius 1 is 0.900 bits per heavy atom. The van der Waals surface area contributed by atoms with Gasteiger partial charge in [-0.25, -0.2) is 0 Å². The van der Waals surface area contributed by atoms with E-state index in [1.165, 1.54) is 19.3 Å². The van der Waals surface area contributed by atoms with Crippen LogP contribution in [-0.4, -0.2) is 3.79 Å². The van der Waals surface area contributed by atoms with Crippen LogP contribution in [0.5, 0.6) is 0 Å². The van der Waals surface area contributed by atoms with Crippen LogP contribution in [0.4, 0.5) is 0 Å². The Labute approximate surface area is 76.8 Å².